The highest BCUT2D eigenvalue weighted by atomic mass is 32.1. The molecule has 0 aromatic carbocycles. The number of ether oxygens (including phenoxy) is 1. The van der Waals surface area contributed by atoms with Crippen LogP contribution in [0.3, 0.4) is 0 Å². The highest BCUT2D eigenvalue weighted by molar-refractivity contribution is 7.16. The van der Waals surface area contributed by atoms with E-state index in [0.717, 1.165) is 21.7 Å². The molecular weight excluding hydrogens is 462 g/mol. The number of anilines is 1. The third-order valence-corrected chi connectivity index (χ3v) is 7.07. The van der Waals surface area contributed by atoms with E-state index < -0.39 is 6.09 Å². The number of hydrogen-bond donors (Lipinski definition) is 2. The third-order valence-electron chi connectivity index (χ3n) is 5.06. The van der Waals surface area contributed by atoms with Crippen LogP contribution >= 0.6 is 22.7 Å². The van der Waals surface area contributed by atoms with Gasteiger partial charge in [-0.15, -0.1) is 32.9 Å². The van der Waals surface area contributed by atoms with Crippen molar-refractivity contribution < 1.29 is 18.7 Å². The monoisotopic (exact) mass is 483 g/mol. The summed E-state index contributed by atoms with van der Waals surface area (Å²) in [6.45, 7) is 2.04. The zero-order valence-corrected chi connectivity index (χ0v) is 19.4. The van der Waals surface area contributed by atoms with Crippen LogP contribution in [-0.2, 0) is 28.9 Å². The number of thiophene rings is 2. The number of carbonyl (C=O) groups excluding carboxylic acids is 2. The minimum atomic E-state index is -0.550. The Labute approximate surface area is 198 Å². The minimum absolute atomic E-state index is 0.106. The first kappa shape index (κ1) is 22.7. The summed E-state index contributed by atoms with van der Waals surface area (Å²) in [5, 5.41) is 25.1. The summed E-state index contributed by atoms with van der Waals surface area (Å²) in [6, 6.07) is 6.08. The quantitative estimate of drug-likeness (QED) is 0.485. The van der Waals surface area contributed by atoms with Crippen LogP contribution in [0.5, 0.6) is 0 Å². The Morgan fingerprint density at radius 1 is 1.42 bits per heavy atom. The van der Waals surface area contributed by atoms with Crippen LogP contribution in [0.2, 0.25) is 0 Å². The summed E-state index contributed by atoms with van der Waals surface area (Å²) >= 11 is 2.96. The van der Waals surface area contributed by atoms with E-state index in [1.165, 1.54) is 17.4 Å². The van der Waals surface area contributed by atoms with Crippen LogP contribution in [0.1, 0.15) is 39.1 Å². The molecule has 1 atom stereocenters. The zero-order chi connectivity index (χ0) is 23.2. The number of aromatic nitrogens is 2. The summed E-state index contributed by atoms with van der Waals surface area (Å²) in [5.41, 5.74) is 1.51. The van der Waals surface area contributed by atoms with Crippen LogP contribution < -0.4 is 10.6 Å². The van der Waals surface area contributed by atoms with E-state index in [1.54, 1.807) is 24.3 Å². The number of fused-ring (bicyclic) bond motifs is 1. The van der Waals surface area contributed by atoms with Crippen molar-refractivity contribution in [3.05, 3.63) is 56.3 Å². The van der Waals surface area contributed by atoms with Gasteiger partial charge in [-0.25, -0.2) is 4.79 Å². The van der Waals surface area contributed by atoms with Gasteiger partial charge in [-0.3, -0.25) is 4.79 Å². The molecular formula is C22H21N5O4S2. The van der Waals surface area contributed by atoms with Crippen molar-refractivity contribution in [2.75, 3.05) is 11.9 Å². The second kappa shape index (κ2) is 10.4. The van der Waals surface area contributed by atoms with Crippen molar-refractivity contribution in [3.8, 4) is 6.07 Å². The number of carbonyl (C=O) groups is 2. The van der Waals surface area contributed by atoms with Gasteiger partial charge < -0.3 is 19.8 Å². The van der Waals surface area contributed by atoms with E-state index in [1.807, 2.05) is 17.5 Å². The number of nitrogens with one attached hydrogen (secondary N) is 2. The van der Waals surface area contributed by atoms with Crippen LogP contribution in [0.15, 0.2) is 28.0 Å². The van der Waals surface area contributed by atoms with Crippen LogP contribution in [0.25, 0.3) is 6.08 Å². The Kier molecular flexibility index (Phi) is 7.16. The fraction of sp³-hybridized carbons (Fsp3) is 0.318. The average Bonchev–Trinajstić information content (AvgIpc) is 3.54. The maximum atomic E-state index is 12.3. The molecule has 2 N–H and O–H groups in total. The molecule has 0 spiro atoms. The molecule has 0 radical (unpaired) electrons. The Morgan fingerprint density at radius 3 is 3.03 bits per heavy atom. The summed E-state index contributed by atoms with van der Waals surface area (Å²) in [7, 11) is 0. The number of rotatable bonds is 7. The molecule has 1 aliphatic rings. The molecule has 1 aliphatic carbocycles. The number of nitriles is 1. The van der Waals surface area contributed by atoms with Crippen molar-refractivity contribution in [1.29, 1.82) is 5.26 Å². The molecule has 11 heteroatoms. The minimum Gasteiger partial charge on any atom is -0.449 e. The van der Waals surface area contributed by atoms with Gasteiger partial charge in [-0.2, -0.15) is 5.26 Å². The van der Waals surface area contributed by atoms with Crippen LogP contribution in [-0.4, -0.2) is 28.8 Å². The summed E-state index contributed by atoms with van der Waals surface area (Å²) < 4.78 is 10.5. The molecule has 0 saturated carbocycles. The van der Waals surface area contributed by atoms with Gasteiger partial charge in [-0.05, 0) is 48.3 Å². The molecule has 4 rings (SSSR count). The Morgan fingerprint density at radius 2 is 2.30 bits per heavy atom. The lowest BCUT2D eigenvalue weighted by Gasteiger charge is -2.21. The number of nitrogens with zero attached hydrogens (tertiary/aromatic N) is 3. The van der Waals surface area contributed by atoms with E-state index >= 15 is 0 Å². The Bertz CT molecular complexity index is 1210. The van der Waals surface area contributed by atoms with Gasteiger partial charge in [0.15, 0.2) is 0 Å². The number of hydrogen-bond acceptors (Lipinski definition) is 9. The van der Waals surface area contributed by atoms with E-state index in [9.17, 15) is 14.9 Å². The fourth-order valence-corrected chi connectivity index (χ4v) is 5.43. The topological polar surface area (TPSA) is 130 Å². The number of alkyl carbamates (subject to hydrolysis) is 1. The molecule has 2 amide bonds. The van der Waals surface area contributed by atoms with Crippen molar-refractivity contribution in [3.63, 3.8) is 0 Å². The van der Waals surface area contributed by atoms with Gasteiger partial charge in [0.05, 0.1) is 18.7 Å². The SMILES string of the molecule is Cc1nnc(CNC(=O)OCC2CCc3c(sc(NC(=O)/C=C/c4cccs4)c3C#N)C2)o1. The van der Waals surface area contributed by atoms with E-state index in [0.29, 0.717) is 35.2 Å². The highest BCUT2D eigenvalue weighted by Crippen LogP contribution is 2.39. The average molecular weight is 484 g/mol. The standard InChI is InChI=1S/C22H21N5O4S2/c1-13-26-27-20(31-13)11-24-22(29)30-12-14-4-6-16-17(10-23)21(33-18(16)9-14)25-19(28)7-5-15-3-2-8-32-15/h2-3,5,7-8,14H,4,6,9,11-12H2,1H3,(H,24,29)(H,25,28)/b7-5+. The maximum absolute atomic E-state index is 12.3. The first-order valence-corrected chi connectivity index (χ1v) is 12.0. The van der Waals surface area contributed by atoms with Gasteiger partial charge in [0.1, 0.15) is 11.1 Å². The van der Waals surface area contributed by atoms with Crippen molar-refractivity contribution in [1.82, 2.24) is 15.5 Å². The Balaban J connectivity index is 1.31. The Hall–Kier alpha value is -3.49. The summed E-state index contributed by atoms with van der Waals surface area (Å²) in [5.74, 6) is 0.613. The number of aryl methyl sites for hydroxylation is 1. The molecule has 0 saturated heterocycles. The predicted octanol–water partition coefficient (Wildman–Crippen LogP) is 4.06. The maximum Gasteiger partial charge on any atom is 0.407 e. The van der Waals surface area contributed by atoms with Gasteiger partial charge in [0.2, 0.25) is 17.7 Å². The molecule has 170 valence electrons. The molecule has 1 unspecified atom stereocenters. The van der Waals surface area contributed by atoms with Crippen LogP contribution in [0.4, 0.5) is 9.80 Å². The summed E-state index contributed by atoms with van der Waals surface area (Å²) in [4.78, 5) is 26.3. The highest BCUT2D eigenvalue weighted by Gasteiger charge is 2.27. The summed E-state index contributed by atoms with van der Waals surface area (Å²) in [6.07, 6.45) is 4.85. The van der Waals surface area contributed by atoms with E-state index in [-0.39, 0.29) is 25.0 Å². The second-order valence-corrected chi connectivity index (χ2v) is 9.52. The predicted molar refractivity (Wildman–Crippen MR) is 124 cm³/mol. The molecule has 9 nitrogen and oxygen atoms in total. The lowest BCUT2D eigenvalue weighted by molar-refractivity contribution is -0.111. The van der Waals surface area contributed by atoms with Crippen molar-refractivity contribution >= 4 is 45.8 Å². The smallest absolute Gasteiger partial charge is 0.407 e. The number of amides is 2. The van der Waals surface area contributed by atoms with Crippen molar-refractivity contribution in [2.24, 2.45) is 5.92 Å². The van der Waals surface area contributed by atoms with Gasteiger partial charge in [-0.1, -0.05) is 6.07 Å². The first-order chi connectivity index (χ1) is 16.0. The normalized spacial score (nSPS) is 15.1. The fourth-order valence-electron chi connectivity index (χ4n) is 3.50. The second-order valence-electron chi connectivity index (χ2n) is 7.43. The molecule has 3 aromatic rings. The lowest BCUT2D eigenvalue weighted by Crippen LogP contribution is -2.27. The molecule has 3 aromatic heterocycles. The molecule has 33 heavy (non-hydrogen) atoms. The molecule has 0 aliphatic heterocycles. The van der Waals surface area contributed by atoms with E-state index in [2.05, 4.69) is 26.9 Å². The van der Waals surface area contributed by atoms with Gasteiger partial charge in [0, 0.05) is 22.8 Å². The molecule has 3 heterocycles. The zero-order valence-electron chi connectivity index (χ0n) is 17.8. The lowest BCUT2D eigenvalue weighted by atomic mass is 9.88. The van der Waals surface area contributed by atoms with Gasteiger partial charge in [0.25, 0.3) is 0 Å². The third kappa shape index (κ3) is 5.85. The van der Waals surface area contributed by atoms with Gasteiger partial charge >= 0.3 is 6.09 Å². The van der Waals surface area contributed by atoms with Crippen LogP contribution in [0, 0.1) is 24.2 Å². The molecule has 0 fully saturated rings. The first-order valence-electron chi connectivity index (χ1n) is 10.3. The largest absolute Gasteiger partial charge is 0.449 e. The molecule has 0 bridgehead atoms. The van der Waals surface area contributed by atoms with E-state index in [4.69, 9.17) is 9.15 Å². The van der Waals surface area contributed by atoms with Crippen molar-refractivity contribution in [2.45, 2.75) is 32.7 Å².